The molecule has 1 aromatic heterocycles. The Morgan fingerprint density at radius 3 is 2.66 bits per heavy atom. The Kier molecular flexibility index (Phi) is 5.17. The van der Waals surface area contributed by atoms with Crippen LogP contribution in [0.4, 0.5) is 0 Å². The molecule has 4 aromatic rings. The zero-order valence-electron chi connectivity index (χ0n) is 16.6. The summed E-state index contributed by atoms with van der Waals surface area (Å²) >= 11 is 0. The lowest BCUT2D eigenvalue weighted by molar-refractivity contribution is -0.136. The first kappa shape index (κ1) is 18.9. The molecule has 146 valence electrons. The Morgan fingerprint density at radius 2 is 1.83 bits per heavy atom. The smallest absolute Gasteiger partial charge is 0.307 e. The van der Waals surface area contributed by atoms with Crippen molar-refractivity contribution in [1.29, 1.82) is 0 Å². The molecule has 0 amide bonds. The minimum atomic E-state index is -0.816. The van der Waals surface area contributed by atoms with Gasteiger partial charge in [-0.3, -0.25) is 9.78 Å². The zero-order chi connectivity index (χ0) is 20.4. The number of fused-ring (bicyclic) bond motifs is 2. The quantitative estimate of drug-likeness (QED) is 0.487. The number of carbonyl (C=O) groups is 1. The number of carboxylic acids is 1. The van der Waals surface area contributed by atoms with E-state index in [1.807, 2.05) is 62.4 Å². The number of nitrogens with zero attached hydrogens (tertiary/aromatic N) is 1. The molecule has 1 heterocycles. The highest BCUT2D eigenvalue weighted by Crippen LogP contribution is 2.27. The Morgan fingerprint density at radius 1 is 1.03 bits per heavy atom. The van der Waals surface area contributed by atoms with E-state index in [-0.39, 0.29) is 12.5 Å². The van der Waals surface area contributed by atoms with Crippen LogP contribution in [0.1, 0.15) is 23.7 Å². The topological polar surface area (TPSA) is 59.4 Å². The maximum absolute atomic E-state index is 11.0. The fraction of sp³-hybridized carbons (Fsp3) is 0.200. The summed E-state index contributed by atoms with van der Waals surface area (Å²) in [6, 6.07) is 22.1. The van der Waals surface area contributed by atoms with Crippen molar-refractivity contribution in [3.05, 3.63) is 83.6 Å². The van der Waals surface area contributed by atoms with Crippen LogP contribution in [0.2, 0.25) is 0 Å². The lowest BCUT2D eigenvalue weighted by atomic mass is 9.98. The molecule has 1 unspecified atom stereocenters. The van der Waals surface area contributed by atoms with Gasteiger partial charge in [0.15, 0.2) is 0 Å². The third kappa shape index (κ3) is 4.21. The van der Waals surface area contributed by atoms with E-state index >= 15 is 0 Å². The fourth-order valence-electron chi connectivity index (χ4n) is 3.73. The normalized spacial score (nSPS) is 12.2. The summed E-state index contributed by atoms with van der Waals surface area (Å²) in [5, 5.41) is 12.3. The van der Waals surface area contributed by atoms with Crippen molar-refractivity contribution in [2.75, 3.05) is 0 Å². The largest absolute Gasteiger partial charge is 0.490 e. The molecule has 4 rings (SSSR count). The number of aryl methyl sites for hydroxylation is 1. The second-order valence-electron chi connectivity index (χ2n) is 7.43. The first-order valence-electron chi connectivity index (χ1n) is 9.75. The number of hydrogen-bond donors (Lipinski definition) is 1. The minimum absolute atomic E-state index is 0.0199. The van der Waals surface area contributed by atoms with E-state index in [4.69, 9.17) is 14.8 Å². The third-order valence-electron chi connectivity index (χ3n) is 5.20. The maximum atomic E-state index is 11.0. The van der Waals surface area contributed by atoms with E-state index in [2.05, 4.69) is 18.2 Å². The van der Waals surface area contributed by atoms with Crippen molar-refractivity contribution in [2.45, 2.75) is 32.8 Å². The van der Waals surface area contributed by atoms with Crippen molar-refractivity contribution < 1.29 is 14.6 Å². The van der Waals surface area contributed by atoms with Crippen molar-refractivity contribution >= 4 is 27.6 Å². The average molecular weight is 385 g/mol. The van der Waals surface area contributed by atoms with E-state index in [0.29, 0.717) is 0 Å². The lowest BCUT2D eigenvalue weighted by Crippen LogP contribution is -2.15. The van der Waals surface area contributed by atoms with Crippen LogP contribution in [0, 0.1) is 6.92 Å². The Bertz CT molecular complexity index is 1200. The number of para-hydroxylation sites is 1. The predicted octanol–water partition coefficient (Wildman–Crippen LogP) is 5.33. The number of benzene rings is 3. The number of ether oxygens (including phenoxy) is 1. The zero-order valence-corrected chi connectivity index (χ0v) is 16.6. The molecular formula is C25H23NO3. The van der Waals surface area contributed by atoms with Gasteiger partial charge in [0.1, 0.15) is 11.9 Å². The SMILES string of the molecule is Cc1c(CC(=O)O)ccc2cc(OC(C)Cc3ccc4ccccc4n3)ccc12. The third-order valence-corrected chi connectivity index (χ3v) is 5.20. The van der Waals surface area contributed by atoms with Gasteiger partial charge in [-0.25, -0.2) is 0 Å². The number of pyridine rings is 1. The van der Waals surface area contributed by atoms with Gasteiger partial charge in [-0.05, 0) is 60.0 Å². The average Bonchev–Trinajstić information content (AvgIpc) is 2.70. The molecule has 0 aliphatic carbocycles. The number of aliphatic carboxylic acids is 1. The summed E-state index contributed by atoms with van der Waals surface area (Å²) in [5.74, 6) is -0.0142. The molecule has 0 saturated carbocycles. The Balaban J connectivity index is 1.51. The summed E-state index contributed by atoms with van der Waals surface area (Å²) in [4.78, 5) is 15.8. The standard InChI is InChI=1S/C25H23NO3/c1-16(13-21-10-9-18-5-3-4-6-24(18)26-21)29-22-11-12-23-17(2)19(15-25(27)28)7-8-20(23)14-22/h3-12,14,16H,13,15H2,1-2H3,(H,27,28). The van der Waals surface area contributed by atoms with Gasteiger partial charge >= 0.3 is 5.97 Å². The molecule has 4 nitrogen and oxygen atoms in total. The maximum Gasteiger partial charge on any atom is 0.307 e. The highest BCUT2D eigenvalue weighted by Gasteiger charge is 2.11. The molecule has 0 saturated heterocycles. The molecule has 0 radical (unpaired) electrons. The van der Waals surface area contributed by atoms with E-state index in [1.165, 1.54) is 0 Å². The molecular weight excluding hydrogens is 362 g/mol. The molecule has 0 aliphatic rings. The van der Waals surface area contributed by atoms with Gasteiger partial charge < -0.3 is 9.84 Å². The van der Waals surface area contributed by atoms with E-state index in [1.54, 1.807) is 0 Å². The Hall–Kier alpha value is -3.40. The van der Waals surface area contributed by atoms with E-state index < -0.39 is 5.97 Å². The molecule has 0 fully saturated rings. The van der Waals surface area contributed by atoms with Crippen LogP contribution >= 0.6 is 0 Å². The molecule has 0 bridgehead atoms. The highest BCUT2D eigenvalue weighted by molar-refractivity contribution is 5.89. The monoisotopic (exact) mass is 385 g/mol. The van der Waals surface area contributed by atoms with Crippen LogP contribution in [0.5, 0.6) is 5.75 Å². The summed E-state index contributed by atoms with van der Waals surface area (Å²) < 4.78 is 6.14. The van der Waals surface area contributed by atoms with Gasteiger partial charge in [0.25, 0.3) is 0 Å². The summed E-state index contributed by atoms with van der Waals surface area (Å²) in [6.45, 7) is 4.01. The Labute approximate surface area is 169 Å². The van der Waals surface area contributed by atoms with Gasteiger partial charge in [-0.1, -0.05) is 42.5 Å². The summed E-state index contributed by atoms with van der Waals surface area (Å²) in [6.07, 6.45) is 0.739. The summed E-state index contributed by atoms with van der Waals surface area (Å²) in [5.41, 5.74) is 3.85. The molecule has 4 heteroatoms. The number of hydrogen-bond acceptors (Lipinski definition) is 3. The van der Waals surface area contributed by atoms with Gasteiger partial charge in [-0.15, -0.1) is 0 Å². The van der Waals surface area contributed by atoms with Crippen molar-refractivity contribution in [3.63, 3.8) is 0 Å². The van der Waals surface area contributed by atoms with E-state index in [0.717, 1.165) is 50.7 Å². The molecule has 3 aromatic carbocycles. The summed E-state index contributed by atoms with van der Waals surface area (Å²) in [7, 11) is 0. The second-order valence-corrected chi connectivity index (χ2v) is 7.43. The number of aromatic nitrogens is 1. The molecule has 29 heavy (non-hydrogen) atoms. The van der Waals surface area contributed by atoms with Crippen LogP contribution in [0.25, 0.3) is 21.7 Å². The lowest BCUT2D eigenvalue weighted by Gasteiger charge is -2.16. The first-order chi connectivity index (χ1) is 14.0. The van der Waals surface area contributed by atoms with Crippen LogP contribution in [0.15, 0.2) is 66.7 Å². The van der Waals surface area contributed by atoms with Crippen LogP contribution in [-0.4, -0.2) is 22.2 Å². The van der Waals surface area contributed by atoms with Crippen LogP contribution < -0.4 is 4.74 Å². The van der Waals surface area contributed by atoms with Crippen LogP contribution in [-0.2, 0) is 17.6 Å². The molecule has 0 spiro atoms. The highest BCUT2D eigenvalue weighted by atomic mass is 16.5. The number of carboxylic acid groups (broad SMARTS) is 1. The first-order valence-corrected chi connectivity index (χ1v) is 9.75. The minimum Gasteiger partial charge on any atom is -0.490 e. The van der Waals surface area contributed by atoms with Crippen molar-refractivity contribution in [3.8, 4) is 5.75 Å². The van der Waals surface area contributed by atoms with Crippen molar-refractivity contribution in [1.82, 2.24) is 4.98 Å². The molecule has 0 aliphatic heterocycles. The second kappa shape index (κ2) is 7.92. The fourth-order valence-corrected chi connectivity index (χ4v) is 3.73. The molecule has 1 atom stereocenters. The molecule has 1 N–H and O–H groups in total. The van der Waals surface area contributed by atoms with Gasteiger partial charge in [0.2, 0.25) is 0 Å². The predicted molar refractivity (Wildman–Crippen MR) is 116 cm³/mol. The van der Waals surface area contributed by atoms with Crippen LogP contribution in [0.3, 0.4) is 0 Å². The number of rotatable bonds is 6. The van der Waals surface area contributed by atoms with E-state index in [9.17, 15) is 4.79 Å². The van der Waals surface area contributed by atoms with Gasteiger partial charge in [-0.2, -0.15) is 0 Å². The van der Waals surface area contributed by atoms with Gasteiger partial charge in [0.05, 0.1) is 11.9 Å². The van der Waals surface area contributed by atoms with Crippen molar-refractivity contribution in [2.24, 2.45) is 0 Å². The van der Waals surface area contributed by atoms with Gasteiger partial charge in [0, 0.05) is 17.5 Å².